The van der Waals surface area contributed by atoms with Gasteiger partial charge in [0.25, 0.3) is 5.91 Å². The van der Waals surface area contributed by atoms with Gasteiger partial charge in [0.1, 0.15) is 0 Å². The Kier molecular flexibility index (Phi) is 4.27. The molecule has 6 nitrogen and oxygen atoms in total. The van der Waals surface area contributed by atoms with Crippen LogP contribution < -0.4 is 0 Å². The van der Waals surface area contributed by atoms with E-state index in [9.17, 15) is 18.0 Å². The van der Waals surface area contributed by atoms with Crippen molar-refractivity contribution in [2.45, 2.75) is 19.2 Å². The lowest BCUT2D eigenvalue weighted by Gasteiger charge is -2.30. The zero-order chi connectivity index (χ0) is 17.3. The van der Waals surface area contributed by atoms with Crippen LogP contribution in [0.15, 0.2) is 30.5 Å². The van der Waals surface area contributed by atoms with E-state index >= 15 is 0 Å². The molecule has 9 heteroatoms. The van der Waals surface area contributed by atoms with Gasteiger partial charge in [0, 0.05) is 13.1 Å². The van der Waals surface area contributed by atoms with E-state index in [1.165, 1.54) is 24.4 Å². The van der Waals surface area contributed by atoms with E-state index in [2.05, 4.69) is 10.3 Å². The monoisotopic (exact) mass is 340 g/mol. The average Bonchev–Trinajstić information content (AvgIpc) is 3.03. The van der Waals surface area contributed by atoms with E-state index in [-0.39, 0.29) is 23.4 Å². The Hall–Kier alpha value is -2.42. The predicted molar refractivity (Wildman–Crippen MR) is 77.7 cm³/mol. The number of benzene rings is 1. The summed E-state index contributed by atoms with van der Waals surface area (Å²) in [5, 5.41) is 7.41. The van der Waals surface area contributed by atoms with Gasteiger partial charge >= 0.3 is 6.18 Å². The van der Waals surface area contributed by atoms with Crippen molar-refractivity contribution >= 4 is 5.91 Å². The van der Waals surface area contributed by atoms with Gasteiger partial charge in [-0.15, -0.1) is 5.10 Å². The molecule has 0 saturated carbocycles. The molecule has 1 aromatic carbocycles. The van der Waals surface area contributed by atoms with E-state index in [1.807, 2.05) is 6.92 Å². The number of hydrogen-bond acceptors (Lipinski definition) is 4. The highest BCUT2D eigenvalue weighted by atomic mass is 19.4. The number of aromatic nitrogens is 3. The van der Waals surface area contributed by atoms with E-state index in [4.69, 9.17) is 4.74 Å². The van der Waals surface area contributed by atoms with Crippen LogP contribution in [0.3, 0.4) is 0 Å². The average molecular weight is 340 g/mol. The first-order valence-corrected chi connectivity index (χ1v) is 7.36. The van der Waals surface area contributed by atoms with Crippen LogP contribution in [-0.2, 0) is 10.9 Å². The van der Waals surface area contributed by atoms with Crippen molar-refractivity contribution < 1.29 is 22.7 Å². The van der Waals surface area contributed by atoms with Gasteiger partial charge in [-0.05, 0) is 19.1 Å². The summed E-state index contributed by atoms with van der Waals surface area (Å²) in [6, 6.07) is 5.01. The van der Waals surface area contributed by atoms with Gasteiger partial charge < -0.3 is 9.64 Å². The molecule has 1 aliphatic rings. The molecule has 3 rings (SSSR count). The molecule has 0 radical (unpaired) electrons. The van der Waals surface area contributed by atoms with Crippen molar-refractivity contribution in [3.05, 3.63) is 41.7 Å². The van der Waals surface area contributed by atoms with Crippen LogP contribution in [0.1, 0.15) is 23.0 Å². The number of carbonyl (C=O) groups is 1. The Labute approximate surface area is 135 Å². The second-order valence-corrected chi connectivity index (χ2v) is 5.50. The Balaban J connectivity index is 1.88. The molecule has 0 bridgehead atoms. The van der Waals surface area contributed by atoms with E-state index in [0.717, 1.165) is 10.7 Å². The highest BCUT2D eigenvalue weighted by molar-refractivity contribution is 5.92. The minimum absolute atomic E-state index is 0.000998. The van der Waals surface area contributed by atoms with Crippen LogP contribution in [-0.4, -0.2) is 51.6 Å². The highest BCUT2D eigenvalue weighted by Crippen LogP contribution is 2.33. The Morgan fingerprint density at radius 3 is 2.79 bits per heavy atom. The lowest BCUT2D eigenvalue weighted by atomic mass is 10.1. The molecule has 24 heavy (non-hydrogen) atoms. The molecule has 2 heterocycles. The number of rotatable bonds is 2. The molecular formula is C15H15F3N4O2. The van der Waals surface area contributed by atoms with Crippen LogP contribution in [0, 0.1) is 0 Å². The molecule has 0 unspecified atom stereocenters. The quantitative estimate of drug-likeness (QED) is 0.840. The van der Waals surface area contributed by atoms with Gasteiger partial charge in [-0.3, -0.25) is 4.79 Å². The van der Waals surface area contributed by atoms with Gasteiger partial charge in [0.15, 0.2) is 5.69 Å². The first-order chi connectivity index (χ1) is 11.4. The highest BCUT2D eigenvalue weighted by Gasteiger charge is 2.34. The molecule has 1 atom stereocenters. The summed E-state index contributed by atoms with van der Waals surface area (Å²) in [7, 11) is 0. The maximum atomic E-state index is 13.1. The lowest BCUT2D eigenvalue weighted by molar-refractivity contribution is -0.137. The third kappa shape index (κ3) is 3.25. The van der Waals surface area contributed by atoms with Gasteiger partial charge in [-0.1, -0.05) is 17.3 Å². The number of nitrogens with zero attached hydrogens (tertiary/aromatic N) is 4. The second-order valence-electron chi connectivity index (χ2n) is 5.50. The number of morpholine rings is 1. The number of carbonyl (C=O) groups excluding carboxylic acids is 1. The third-order valence-corrected chi connectivity index (χ3v) is 3.70. The fourth-order valence-corrected chi connectivity index (χ4v) is 2.56. The second kappa shape index (κ2) is 6.23. The fraction of sp³-hybridized carbons (Fsp3) is 0.400. The first-order valence-electron chi connectivity index (χ1n) is 7.36. The lowest BCUT2D eigenvalue weighted by Crippen LogP contribution is -2.44. The topological polar surface area (TPSA) is 60.2 Å². The standard InChI is InChI=1S/C15H15F3N4O2/c1-10-8-21(6-7-24-10)14(23)12-9-22(20-19-12)13-5-3-2-4-11(13)15(16,17)18/h2-5,9-10H,6-8H2,1H3/t10-/m0/s1. The zero-order valence-electron chi connectivity index (χ0n) is 12.8. The number of alkyl halides is 3. The van der Waals surface area contributed by atoms with Crippen LogP contribution in [0.4, 0.5) is 13.2 Å². The van der Waals surface area contributed by atoms with Gasteiger partial charge in [0.05, 0.1) is 30.2 Å². The van der Waals surface area contributed by atoms with Crippen molar-refractivity contribution in [2.24, 2.45) is 0 Å². The Morgan fingerprint density at radius 2 is 2.08 bits per heavy atom. The Bertz CT molecular complexity index is 744. The molecule has 2 aromatic rings. The van der Waals surface area contributed by atoms with Crippen molar-refractivity contribution in [1.82, 2.24) is 19.9 Å². The van der Waals surface area contributed by atoms with E-state index in [0.29, 0.717) is 19.7 Å². The summed E-state index contributed by atoms with van der Waals surface area (Å²) in [4.78, 5) is 14.0. The van der Waals surface area contributed by atoms with E-state index in [1.54, 1.807) is 4.90 Å². The molecule has 1 aliphatic heterocycles. The number of para-hydroxylation sites is 1. The van der Waals surface area contributed by atoms with Crippen molar-refractivity contribution in [1.29, 1.82) is 0 Å². The number of amides is 1. The number of halogens is 3. The van der Waals surface area contributed by atoms with Crippen LogP contribution in [0.25, 0.3) is 5.69 Å². The number of hydrogen-bond donors (Lipinski definition) is 0. The maximum Gasteiger partial charge on any atom is 0.418 e. The van der Waals surface area contributed by atoms with Gasteiger partial charge in [0.2, 0.25) is 0 Å². The molecule has 1 fully saturated rings. The molecule has 1 aromatic heterocycles. The number of ether oxygens (including phenoxy) is 1. The largest absolute Gasteiger partial charge is 0.418 e. The van der Waals surface area contributed by atoms with Gasteiger partial charge in [-0.2, -0.15) is 13.2 Å². The molecule has 0 spiro atoms. The fourth-order valence-electron chi connectivity index (χ4n) is 2.56. The van der Waals surface area contributed by atoms with Gasteiger partial charge in [-0.25, -0.2) is 4.68 Å². The summed E-state index contributed by atoms with van der Waals surface area (Å²) in [6.45, 7) is 3.08. The molecule has 0 N–H and O–H groups in total. The smallest absolute Gasteiger partial charge is 0.375 e. The van der Waals surface area contributed by atoms with E-state index < -0.39 is 11.7 Å². The third-order valence-electron chi connectivity index (χ3n) is 3.70. The summed E-state index contributed by atoms with van der Waals surface area (Å²) < 4.78 is 45.6. The predicted octanol–water partition coefficient (Wildman–Crippen LogP) is 2.15. The summed E-state index contributed by atoms with van der Waals surface area (Å²) in [5.41, 5.74) is -1.01. The van der Waals surface area contributed by atoms with Crippen LogP contribution >= 0.6 is 0 Å². The minimum Gasteiger partial charge on any atom is -0.375 e. The first kappa shape index (κ1) is 16.4. The van der Waals surface area contributed by atoms with Crippen LogP contribution in [0.5, 0.6) is 0 Å². The zero-order valence-corrected chi connectivity index (χ0v) is 12.8. The van der Waals surface area contributed by atoms with Crippen molar-refractivity contribution in [3.63, 3.8) is 0 Å². The normalized spacial score (nSPS) is 18.7. The molecule has 1 amide bonds. The summed E-state index contributed by atoms with van der Waals surface area (Å²) in [6.07, 6.45) is -3.40. The Morgan fingerprint density at radius 1 is 1.33 bits per heavy atom. The van der Waals surface area contributed by atoms with Crippen molar-refractivity contribution in [2.75, 3.05) is 19.7 Å². The van der Waals surface area contributed by atoms with Crippen LogP contribution in [0.2, 0.25) is 0 Å². The summed E-state index contributed by atoms with van der Waals surface area (Å²) in [5.74, 6) is -0.374. The minimum atomic E-state index is -4.52. The maximum absolute atomic E-state index is 13.1. The molecule has 1 saturated heterocycles. The molecule has 128 valence electrons. The molecule has 0 aliphatic carbocycles. The SMILES string of the molecule is C[C@H]1CN(C(=O)c2cn(-c3ccccc3C(F)(F)F)nn2)CCO1. The summed E-state index contributed by atoms with van der Waals surface area (Å²) >= 11 is 0. The molecular weight excluding hydrogens is 325 g/mol. The van der Waals surface area contributed by atoms with Crippen molar-refractivity contribution in [3.8, 4) is 5.69 Å².